The Morgan fingerprint density at radius 2 is 2.38 bits per heavy atom. The van der Waals surface area contributed by atoms with Crippen LogP contribution >= 0.6 is 0 Å². The van der Waals surface area contributed by atoms with E-state index >= 15 is 0 Å². The Hall–Kier alpha value is -0.780. The van der Waals surface area contributed by atoms with Crippen LogP contribution < -0.4 is 0 Å². The Kier molecular flexibility index (Phi) is 0.696. The molecule has 0 aliphatic heterocycles. The number of rotatable bonds is 0. The lowest BCUT2D eigenvalue weighted by atomic mass is 9.89. The molecule has 0 unspecified atom stereocenters. The summed E-state index contributed by atoms with van der Waals surface area (Å²) in [6, 6.07) is 9.40. The van der Waals surface area contributed by atoms with E-state index in [2.05, 4.69) is 18.2 Å². The third kappa shape index (κ3) is 0.401. The second kappa shape index (κ2) is 1.35. The Balaban J connectivity index is 2.62. The predicted molar refractivity (Wildman–Crippen MR) is 32.7 cm³/mol. The summed E-state index contributed by atoms with van der Waals surface area (Å²) in [6.45, 7) is 0. The molecular weight excluding hydrogens is 96.1 g/mol. The van der Waals surface area contributed by atoms with Crippen LogP contribution in [0.15, 0.2) is 18.2 Å². The largest absolute Gasteiger partial charge is 0.0614 e. The number of aryl methyl sites for hydroxylation is 2. The number of hydrogen-bond donors (Lipinski definition) is 0. The quantitative estimate of drug-likeness (QED) is 0.467. The van der Waals surface area contributed by atoms with Crippen molar-refractivity contribution in [3.05, 3.63) is 35.4 Å². The molecule has 1 aliphatic carbocycles. The minimum absolute atomic E-state index is 1.25. The first kappa shape index (κ1) is 4.13. The molecule has 0 nitrogen and oxygen atoms in total. The third-order valence-electron chi connectivity index (χ3n) is 1.68. The topological polar surface area (TPSA) is 0 Å². The SMILES string of the molecule is [c]1cccc2c1CC2. The van der Waals surface area contributed by atoms with Gasteiger partial charge in [-0.05, 0) is 30.0 Å². The van der Waals surface area contributed by atoms with Crippen molar-refractivity contribution in [1.29, 1.82) is 0 Å². The molecule has 1 aliphatic rings. The van der Waals surface area contributed by atoms with Gasteiger partial charge in [0.15, 0.2) is 0 Å². The second-order valence-corrected chi connectivity index (χ2v) is 2.17. The average molecular weight is 103 g/mol. The fraction of sp³-hybridized carbons (Fsp3) is 0.250. The molecule has 8 heavy (non-hydrogen) atoms. The van der Waals surface area contributed by atoms with Crippen molar-refractivity contribution in [1.82, 2.24) is 0 Å². The van der Waals surface area contributed by atoms with Crippen molar-refractivity contribution >= 4 is 0 Å². The molecule has 0 N–H and O–H groups in total. The van der Waals surface area contributed by atoms with Gasteiger partial charge in [-0.25, -0.2) is 0 Å². The lowest BCUT2D eigenvalue weighted by Gasteiger charge is -2.15. The maximum Gasteiger partial charge on any atom is -0.0146 e. The van der Waals surface area contributed by atoms with E-state index in [1.807, 2.05) is 6.07 Å². The number of benzene rings is 1. The van der Waals surface area contributed by atoms with Gasteiger partial charge in [-0.15, -0.1) is 0 Å². The molecule has 0 bridgehead atoms. The van der Waals surface area contributed by atoms with Gasteiger partial charge in [0.2, 0.25) is 0 Å². The van der Waals surface area contributed by atoms with Crippen LogP contribution in [0.25, 0.3) is 0 Å². The Morgan fingerprint density at radius 3 is 2.75 bits per heavy atom. The normalized spacial score (nSPS) is 14.5. The lowest BCUT2D eigenvalue weighted by molar-refractivity contribution is 0.837. The first-order chi connectivity index (χ1) is 3.97. The molecule has 0 amide bonds. The van der Waals surface area contributed by atoms with Gasteiger partial charge in [0, 0.05) is 0 Å². The van der Waals surface area contributed by atoms with E-state index in [0.29, 0.717) is 0 Å². The van der Waals surface area contributed by atoms with Crippen LogP contribution in [0.1, 0.15) is 11.1 Å². The molecule has 1 aromatic rings. The van der Waals surface area contributed by atoms with Gasteiger partial charge in [-0.3, -0.25) is 0 Å². The Bertz CT molecular complexity index is 178. The van der Waals surface area contributed by atoms with Gasteiger partial charge in [0.1, 0.15) is 0 Å². The minimum Gasteiger partial charge on any atom is -0.0614 e. The zero-order chi connectivity index (χ0) is 5.40. The molecule has 0 spiro atoms. The van der Waals surface area contributed by atoms with Crippen molar-refractivity contribution in [3.63, 3.8) is 0 Å². The summed E-state index contributed by atoms with van der Waals surface area (Å²) >= 11 is 0. The maximum atomic E-state index is 3.19. The predicted octanol–water partition coefficient (Wildman–Crippen LogP) is 1.59. The van der Waals surface area contributed by atoms with Crippen LogP contribution in [0.5, 0.6) is 0 Å². The van der Waals surface area contributed by atoms with E-state index in [0.717, 1.165) is 0 Å². The fourth-order valence-electron chi connectivity index (χ4n) is 1.06. The fourth-order valence-corrected chi connectivity index (χ4v) is 1.06. The third-order valence-corrected chi connectivity index (χ3v) is 1.68. The summed E-state index contributed by atoms with van der Waals surface area (Å²) in [4.78, 5) is 0. The van der Waals surface area contributed by atoms with Crippen LogP contribution in [0.3, 0.4) is 0 Å². The zero-order valence-electron chi connectivity index (χ0n) is 4.65. The first-order valence-corrected chi connectivity index (χ1v) is 2.95. The van der Waals surface area contributed by atoms with Gasteiger partial charge in [-0.2, -0.15) is 0 Å². The smallest absolute Gasteiger partial charge is 0.0146 e. The van der Waals surface area contributed by atoms with Crippen LogP contribution in [-0.4, -0.2) is 0 Å². The highest BCUT2D eigenvalue weighted by Crippen LogP contribution is 2.20. The van der Waals surface area contributed by atoms with Crippen LogP contribution in [-0.2, 0) is 12.8 Å². The zero-order valence-corrected chi connectivity index (χ0v) is 4.65. The number of fused-ring (bicyclic) bond motifs is 1. The molecule has 0 saturated heterocycles. The van der Waals surface area contributed by atoms with E-state index in [-0.39, 0.29) is 0 Å². The summed E-state index contributed by atoms with van der Waals surface area (Å²) in [5, 5.41) is 0. The Morgan fingerprint density at radius 1 is 1.38 bits per heavy atom. The van der Waals surface area contributed by atoms with E-state index in [1.54, 1.807) is 0 Å². The first-order valence-electron chi connectivity index (χ1n) is 2.95. The van der Waals surface area contributed by atoms with Crippen LogP contribution in [0.2, 0.25) is 0 Å². The molecular formula is C8H7. The van der Waals surface area contributed by atoms with Crippen molar-refractivity contribution in [2.24, 2.45) is 0 Å². The molecule has 39 valence electrons. The average Bonchev–Trinajstić information content (AvgIpc) is 1.72. The minimum atomic E-state index is 1.25. The van der Waals surface area contributed by atoms with E-state index in [9.17, 15) is 0 Å². The van der Waals surface area contributed by atoms with Crippen molar-refractivity contribution in [2.45, 2.75) is 12.8 Å². The van der Waals surface area contributed by atoms with Gasteiger partial charge >= 0.3 is 0 Å². The summed E-state index contributed by atoms with van der Waals surface area (Å²) in [6.07, 6.45) is 2.52. The van der Waals surface area contributed by atoms with E-state index < -0.39 is 0 Å². The van der Waals surface area contributed by atoms with Crippen molar-refractivity contribution < 1.29 is 0 Å². The molecule has 0 aromatic heterocycles. The van der Waals surface area contributed by atoms with Gasteiger partial charge < -0.3 is 0 Å². The molecule has 0 heteroatoms. The second-order valence-electron chi connectivity index (χ2n) is 2.17. The van der Waals surface area contributed by atoms with Crippen molar-refractivity contribution in [2.75, 3.05) is 0 Å². The molecule has 1 aromatic carbocycles. The summed E-state index contributed by atoms with van der Waals surface area (Å²) in [5.41, 5.74) is 2.92. The van der Waals surface area contributed by atoms with Crippen LogP contribution in [0.4, 0.5) is 0 Å². The molecule has 0 fully saturated rings. The number of hydrogen-bond acceptors (Lipinski definition) is 0. The molecule has 0 saturated carbocycles. The molecule has 0 atom stereocenters. The van der Waals surface area contributed by atoms with Crippen LogP contribution in [0, 0.1) is 6.07 Å². The highest BCUT2D eigenvalue weighted by atomic mass is 14.1. The standard InChI is InChI=1S/C8H7/c1-2-4-8-6-5-7(8)3-1/h1-3H,5-6H2. The summed E-state index contributed by atoms with van der Waals surface area (Å²) < 4.78 is 0. The summed E-state index contributed by atoms with van der Waals surface area (Å²) in [5.74, 6) is 0. The Labute approximate surface area is 49.2 Å². The maximum absolute atomic E-state index is 3.19. The molecule has 2 rings (SSSR count). The van der Waals surface area contributed by atoms with Gasteiger partial charge in [0.25, 0.3) is 0 Å². The highest BCUT2D eigenvalue weighted by molar-refractivity contribution is 5.33. The van der Waals surface area contributed by atoms with Crippen molar-refractivity contribution in [3.8, 4) is 0 Å². The van der Waals surface area contributed by atoms with Gasteiger partial charge in [0.05, 0.1) is 0 Å². The van der Waals surface area contributed by atoms with E-state index in [1.165, 1.54) is 24.0 Å². The van der Waals surface area contributed by atoms with Gasteiger partial charge in [-0.1, -0.05) is 18.2 Å². The molecule has 1 radical (unpaired) electrons. The van der Waals surface area contributed by atoms with E-state index in [4.69, 9.17) is 0 Å². The highest BCUT2D eigenvalue weighted by Gasteiger charge is 2.09. The lowest BCUT2D eigenvalue weighted by Crippen LogP contribution is -2.06. The molecule has 0 heterocycles. The summed E-state index contributed by atoms with van der Waals surface area (Å²) in [7, 11) is 0. The monoisotopic (exact) mass is 103 g/mol.